The fourth-order valence-electron chi connectivity index (χ4n) is 9.81. The second-order valence-corrected chi connectivity index (χ2v) is 18.1. The molecule has 1 fully saturated rings. The van der Waals surface area contributed by atoms with E-state index in [4.69, 9.17) is 18.6 Å². The van der Waals surface area contributed by atoms with Crippen molar-refractivity contribution in [2.45, 2.75) is 129 Å². The summed E-state index contributed by atoms with van der Waals surface area (Å²) in [7, 11) is 0. The fraction of sp³-hybridized carbons (Fsp3) is 0.415. The Balaban J connectivity index is 1.19. The molecule has 1 aromatic heterocycles. The number of benzene rings is 4. The van der Waals surface area contributed by atoms with Gasteiger partial charge in [-0.2, -0.15) is 0 Å². The first-order valence-corrected chi connectivity index (χ1v) is 22.0. The van der Waals surface area contributed by atoms with E-state index in [1.807, 2.05) is 58.9 Å². The first kappa shape index (κ1) is 41.3. The standard InChI is InChI=1S/C53H58O7/c1-33(2)43-26-24-35-18-20-38(21-19-35)30-40(23-22-37-14-11-15-39(29-37)28-36-12-7-6-8-13-36)31-46(54)57-49-47-45(27-25-41-32-44(34(3)4)52(56)58-48(41)47)60-53(5,42-16-9-10-17-42)50(49)59-51(43)55/h6-8,11-15,18-21,25,27,29,32,34,40,42,49-50H,9-10,16-17,22-24,26,28,30-31H2,1-5H3. The van der Waals surface area contributed by atoms with Crippen LogP contribution < -0.4 is 10.4 Å². The topological polar surface area (TPSA) is 92.0 Å². The molecule has 0 spiro atoms. The van der Waals surface area contributed by atoms with Crippen LogP contribution in [0.3, 0.4) is 0 Å². The number of fused-ring (bicyclic) bond motifs is 13. The summed E-state index contributed by atoms with van der Waals surface area (Å²) in [4.78, 5) is 42.8. The minimum atomic E-state index is -1.08. The number of ether oxygens (including phenoxy) is 3. The van der Waals surface area contributed by atoms with E-state index >= 15 is 0 Å². The maximum Gasteiger partial charge on any atom is 0.339 e. The SMILES string of the molecule is CC(C)=C1CCc2ccc(cc2)CC(CCc2cccc(Cc3ccccc3)c2)CC(=O)OC2c3c(ccc4cc(C(C)C)c(=O)oc34)OC(C)(C3CCCC3)C2OC1=O. The molecule has 0 amide bonds. The molecule has 5 aromatic rings. The van der Waals surface area contributed by atoms with Crippen molar-refractivity contribution in [3.8, 4) is 5.75 Å². The molecule has 7 heteroatoms. The number of aryl methyl sites for hydroxylation is 2. The van der Waals surface area contributed by atoms with E-state index in [1.165, 1.54) is 16.7 Å². The molecule has 4 aliphatic rings. The zero-order valence-corrected chi connectivity index (χ0v) is 35.8. The van der Waals surface area contributed by atoms with E-state index in [1.54, 1.807) is 0 Å². The van der Waals surface area contributed by atoms with Gasteiger partial charge in [-0.05, 0) is 130 Å². The van der Waals surface area contributed by atoms with Gasteiger partial charge >= 0.3 is 17.6 Å². The Kier molecular flexibility index (Phi) is 12.2. The quantitative estimate of drug-likeness (QED) is 0.0918. The summed E-state index contributed by atoms with van der Waals surface area (Å²) in [5.74, 6) is -0.413. The predicted octanol–water partition coefficient (Wildman–Crippen LogP) is 11.5. The first-order valence-electron chi connectivity index (χ1n) is 22.0. The second-order valence-electron chi connectivity index (χ2n) is 18.1. The lowest BCUT2D eigenvalue weighted by atomic mass is 9.76. The molecular formula is C53H58O7. The molecule has 1 saturated carbocycles. The minimum absolute atomic E-state index is 0.0353. The third-order valence-corrected chi connectivity index (χ3v) is 13.3. The predicted molar refractivity (Wildman–Crippen MR) is 235 cm³/mol. The van der Waals surface area contributed by atoms with Crippen molar-refractivity contribution in [1.29, 1.82) is 0 Å². The van der Waals surface area contributed by atoms with Crippen LogP contribution in [0.5, 0.6) is 5.75 Å². The van der Waals surface area contributed by atoms with Gasteiger partial charge in [0.05, 0.1) is 5.56 Å². The van der Waals surface area contributed by atoms with E-state index in [-0.39, 0.29) is 29.8 Å². The summed E-state index contributed by atoms with van der Waals surface area (Å²) in [6, 6.07) is 33.5. The van der Waals surface area contributed by atoms with Gasteiger partial charge in [0.2, 0.25) is 0 Å². The second kappa shape index (κ2) is 17.7. The molecule has 2 bridgehead atoms. The molecule has 4 heterocycles. The van der Waals surface area contributed by atoms with Gasteiger partial charge in [-0.3, -0.25) is 4.79 Å². The van der Waals surface area contributed by atoms with Crippen LogP contribution in [0.25, 0.3) is 11.0 Å². The average Bonchev–Trinajstić information content (AvgIpc) is 3.78. The summed E-state index contributed by atoms with van der Waals surface area (Å²) in [6.45, 7) is 9.79. The maximum atomic E-state index is 14.7. The number of hydrogen-bond donors (Lipinski definition) is 0. The van der Waals surface area contributed by atoms with Crippen LogP contribution in [0, 0.1) is 11.8 Å². The Morgan fingerprint density at radius 1 is 0.767 bits per heavy atom. The van der Waals surface area contributed by atoms with Gasteiger partial charge in [0.1, 0.15) is 16.9 Å². The number of carbonyl (C=O) groups excluding carboxylic acids is 2. The Hall–Kier alpha value is -5.43. The lowest BCUT2D eigenvalue weighted by Gasteiger charge is -2.48. The van der Waals surface area contributed by atoms with Gasteiger partial charge in [0.25, 0.3) is 0 Å². The highest BCUT2D eigenvalue weighted by atomic mass is 16.6. The summed E-state index contributed by atoms with van der Waals surface area (Å²) in [6.07, 6.45) is 6.23. The summed E-state index contributed by atoms with van der Waals surface area (Å²) in [5.41, 5.74) is 7.32. The largest absolute Gasteiger partial charge is 0.483 e. The molecular weight excluding hydrogens is 749 g/mol. The van der Waals surface area contributed by atoms with Crippen molar-refractivity contribution >= 4 is 22.9 Å². The summed E-state index contributed by atoms with van der Waals surface area (Å²) in [5, 5.41) is 0.693. The van der Waals surface area contributed by atoms with E-state index < -0.39 is 35.4 Å². The van der Waals surface area contributed by atoms with E-state index in [0.717, 1.165) is 61.6 Å². The van der Waals surface area contributed by atoms with E-state index in [9.17, 15) is 14.4 Å². The molecule has 312 valence electrons. The molecule has 1 aliphatic carbocycles. The van der Waals surface area contributed by atoms with Gasteiger partial charge in [-0.25, -0.2) is 9.59 Å². The van der Waals surface area contributed by atoms with Crippen molar-refractivity contribution in [2.24, 2.45) is 11.8 Å². The molecule has 7 nitrogen and oxygen atoms in total. The monoisotopic (exact) mass is 806 g/mol. The maximum absolute atomic E-state index is 14.7. The van der Waals surface area contributed by atoms with Crippen molar-refractivity contribution in [3.63, 3.8) is 0 Å². The Morgan fingerprint density at radius 2 is 1.48 bits per heavy atom. The smallest absolute Gasteiger partial charge is 0.339 e. The molecule has 4 aromatic carbocycles. The third kappa shape index (κ3) is 8.87. The zero-order chi connectivity index (χ0) is 42.0. The highest BCUT2D eigenvalue weighted by molar-refractivity contribution is 5.90. The molecule has 4 unspecified atom stereocenters. The van der Waals surface area contributed by atoms with Crippen molar-refractivity contribution < 1.29 is 28.2 Å². The fourth-order valence-corrected chi connectivity index (χ4v) is 9.81. The minimum Gasteiger partial charge on any atom is -0.483 e. The van der Waals surface area contributed by atoms with Crippen LogP contribution in [0.4, 0.5) is 0 Å². The molecule has 0 N–H and O–H groups in total. The summed E-state index contributed by atoms with van der Waals surface area (Å²) >= 11 is 0. The van der Waals surface area contributed by atoms with Crippen molar-refractivity contribution in [1.82, 2.24) is 0 Å². The van der Waals surface area contributed by atoms with Crippen molar-refractivity contribution in [3.05, 3.63) is 158 Å². The number of allylic oxidation sites excluding steroid dienone is 1. The van der Waals surface area contributed by atoms with Gasteiger partial charge in [-0.1, -0.05) is 111 Å². The summed E-state index contributed by atoms with van der Waals surface area (Å²) < 4.78 is 26.6. The Labute approximate surface area is 354 Å². The molecule has 60 heavy (non-hydrogen) atoms. The van der Waals surface area contributed by atoms with Crippen LogP contribution in [-0.2, 0) is 44.7 Å². The first-order chi connectivity index (χ1) is 28.9. The van der Waals surface area contributed by atoms with Crippen LogP contribution in [0.15, 0.2) is 117 Å². The van der Waals surface area contributed by atoms with E-state index in [2.05, 4.69) is 72.8 Å². The normalized spacial score (nSPS) is 22.6. The van der Waals surface area contributed by atoms with Gasteiger partial charge in [0.15, 0.2) is 12.2 Å². The Morgan fingerprint density at radius 3 is 2.22 bits per heavy atom. The van der Waals surface area contributed by atoms with Crippen LogP contribution in [0.2, 0.25) is 0 Å². The average molecular weight is 807 g/mol. The van der Waals surface area contributed by atoms with E-state index in [0.29, 0.717) is 47.1 Å². The number of carbonyl (C=O) groups is 2. The van der Waals surface area contributed by atoms with Gasteiger partial charge < -0.3 is 18.6 Å². The molecule has 0 radical (unpaired) electrons. The number of esters is 2. The third-order valence-electron chi connectivity index (χ3n) is 13.3. The number of rotatable bonds is 7. The van der Waals surface area contributed by atoms with Crippen LogP contribution >= 0.6 is 0 Å². The van der Waals surface area contributed by atoms with Crippen LogP contribution in [-0.4, -0.2) is 23.6 Å². The lowest BCUT2D eigenvalue weighted by Crippen LogP contribution is -2.58. The van der Waals surface area contributed by atoms with Crippen LogP contribution in [0.1, 0.15) is 131 Å². The molecule has 4 atom stereocenters. The molecule has 9 rings (SSSR count). The molecule has 0 saturated heterocycles. The van der Waals surface area contributed by atoms with Gasteiger partial charge in [0, 0.05) is 28.9 Å². The Bertz CT molecular complexity index is 2430. The van der Waals surface area contributed by atoms with Gasteiger partial charge in [-0.15, -0.1) is 0 Å². The highest BCUT2D eigenvalue weighted by Gasteiger charge is 2.57. The highest BCUT2D eigenvalue weighted by Crippen LogP contribution is 2.52. The molecule has 3 aliphatic heterocycles. The number of hydrogen-bond acceptors (Lipinski definition) is 7. The lowest BCUT2D eigenvalue weighted by molar-refractivity contribution is -0.199. The van der Waals surface area contributed by atoms with Crippen molar-refractivity contribution in [2.75, 3.05) is 0 Å². The zero-order valence-electron chi connectivity index (χ0n) is 35.8.